The number of carboxylic acids is 1. The molecule has 0 atom stereocenters. The van der Waals surface area contributed by atoms with Gasteiger partial charge in [-0.1, -0.05) is 34.1 Å². The van der Waals surface area contributed by atoms with Crippen LogP contribution in [0.25, 0.3) is 4.48 Å². The van der Waals surface area contributed by atoms with E-state index in [0.29, 0.717) is 10.0 Å². The number of carboxylic acid groups (broad SMARTS) is 1. The second-order valence-corrected chi connectivity index (χ2v) is 4.14. The molecular formula is C12H8BrF3O2. The molecule has 0 fully saturated rings. The number of hydrogen-bond donors (Lipinski definition) is 1. The molecule has 0 spiro atoms. The normalized spacial score (nSPS) is 13.0. The van der Waals surface area contributed by atoms with E-state index in [1.165, 1.54) is 24.3 Å². The van der Waals surface area contributed by atoms with Crippen LogP contribution in [0.4, 0.5) is 13.2 Å². The zero-order valence-electron chi connectivity index (χ0n) is 8.91. The molecule has 1 rings (SSSR count). The van der Waals surface area contributed by atoms with Gasteiger partial charge in [-0.25, -0.2) is 4.79 Å². The van der Waals surface area contributed by atoms with Gasteiger partial charge in [0.1, 0.15) is 0 Å². The van der Waals surface area contributed by atoms with Gasteiger partial charge in [0, 0.05) is 10.6 Å². The highest BCUT2D eigenvalue weighted by Crippen LogP contribution is 2.30. The fraction of sp³-hybridized carbons (Fsp3) is 0.0833. The maximum absolute atomic E-state index is 12.3. The molecule has 0 aliphatic heterocycles. The highest BCUT2D eigenvalue weighted by molar-refractivity contribution is 9.15. The van der Waals surface area contributed by atoms with Crippen molar-refractivity contribution >= 4 is 26.4 Å². The zero-order valence-corrected chi connectivity index (χ0v) is 10.5. The highest BCUT2D eigenvalue weighted by atomic mass is 79.9. The van der Waals surface area contributed by atoms with Gasteiger partial charge in [-0.2, -0.15) is 13.2 Å². The average molecular weight is 321 g/mol. The summed E-state index contributed by atoms with van der Waals surface area (Å²) in [7, 11) is 0. The van der Waals surface area contributed by atoms with E-state index in [4.69, 9.17) is 5.11 Å². The average Bonchev–Trinajstić information content (AvgIpc) is 2.27. The molecule has 0 radical (unpaired) electrons. The van der Waals surface area contributed by atoms with Crippen LogP contribution in [0.2, 0.25) is 0 Å². The lowest BCUT2D eigenvalue weighted by molar-refractivity contribution is -0.137. The molecule has 1 N–H and O–H groups in total. The molecule has 6 heteroatoms. The first kappa shape index (κ1) is 14.5. The molecule has 0 heterocycles. The maximum atomic E-state index is 12.3. The van der Waals surface area contributed by atoms with Crippen molar-refractivity contribution < 1.29 is 23.1 Å². The number of halogens is 4. The molecular weight excluding hydrogens is 313 g/mol. The van der Waals surface area contributed by atoms with Crippen molar-refractivity contribution in [1.82, 2.24) is 0 Å². The van der Waals surface area contributed by atoms with E-state index in [9.17, 15) is 18.0 Å². The van der Waals surface area contributed by atoms with Crippen molar-refractivity contribution in [2.75, 3.05) is 0 Å². The lowest BCUT2D eigenvalue weighted by Crippen LogP contribution is -2.04. The number of benzene rings is 1. The Kier molecular flexibility index (Phi) is 4.72. The molecule has 0 aromatic heterocycles. The number of aliphatic carboxylic acids is 1. The minimum atomic E-state index is -4.36. The van der Waals surface area contributed by atoms with Gasteiger partial charge in [-0.3, -0.25) is 0 Å². The summed E-state index contributed by atoms with van der Waals surface area (Å²) in [6.07, 6.45) is -0.718. The van der Waals surface area contributed by atoms with E-state index in [-0.39, 0.29) is 0 Å². The summed E-state index contributed by atoms with van der Waals surface area (Å²) in [5.74, 6) is -1.10. The molecule has 1 aromatic carbocycles. The largest absolute Gasteiger partial charge is 0.478 e. The first-order valence-corrected chi connectivity index (χ1v) is 5.54. The van der Waals surface area contributed by atoms with Crippen LogP contribution in [-0.2, 0) is 11.0 Å². The summed E-state index contributed by atoms with van der Waals surface area (Å²) in [5, 5.41) is 8.37. The molecule has 0 saturated heterocycles. The Morgan fingerprint density at radius 1 is 1.22 bits per heavy atom. The summed E-state index contributed by atoms with van der Waals surface area (Å²) in [6.45, 7) is 0. The number of alkyl halides is 3. The fourth-order valence-electron chi connectivity index (χ4n) is 1.13. The number of carbonyl (C=O) groups is 1. The molecule has 0 aliphatic rings. The van der Waals surface area contributed by atoms with E-state index in [2.05, 4.69) is 15.9 Å². The lowest BCUT2D eigenvalue weighted by atomic mass is 10.1. The second kappa shape index (κ2) is 5.86. The fourth-order valence-corrected chi connectivity index (χ4v) is 1.55. The smallest absolute Gasteiger partial charge is 0.416 e. The second-order valence-electron chi connectivity index (χ2n) is 3.29. The Bertz CT molecular complexity index is 487. The summed E-state index contributed by atoms with van der Waals surface area (Å²) >= 11 is 3.15. The van der Waals surface area contributed by atoms with Gasteiger partial charge in [0.15, 0.2) is 0 Å². The van der Waals surface area contributed by atoms with E-state index in [1.807, 2.05) is 0 Å². The highest BCUT2D eigenvalue weighted by Gasteiger charge is 2.29. The van der Waals surface area contributed by atoms with Crippen molar-refractivity contribution in [1.29, 1.82) is 0 Å². The van der Waals surface area contributed by atoms with Crippen LogP contribution in [0.1, 0.15) is 11.1 Å². The Morgan fingerprint density at radius 3 is 2.22 bits per heavy atom. The van der Waals surface area contributed by atoms with Crippen LogP contribution in [0.5, 0.6) is 0 Å². The van der Waals surface area contributed by atoms with Gasteiger partial charge < -0.3 is 5.11 Å². The van der Waals surface area contributed by atoms with Crippen molar-refractivity contribution in [2.24, 2.45) is 0 Å². The third-order valence-electron chi connectivity index (χ3n) is 1.97. The van der Waals surface area contributed by atoms with Crippen LogP contribution in [0, 0.1) is 0 Å². The van der Waals surface area contributed by atoms with E-state index >= 15 is 0 Å². The van der Waals surface area contributed by atoms with Crippen molar-refractivity contribution in [3.63, 3.8) is 0 Å². The Labute approximate surface area is 110 Å². The summed E-state index contributed by atoms with van der Waals surface area (Å²) < 4.78 is 37.4. The summed E-state index contributed by atoms with van der Waals surface area (Å²) in [6, 6.07) is 4.53. The molecule has 0 aliphatic carbocycles. The van der Waals surface area contributed by atoms with Crippen LogP contribution in [0.15, 0.2) is 42.5 Å². The van der Waals surface area contributed by atoms with Gasteiger partial charge in [-0.15, -0.1) is 0 Å². The molecule has 18 heavy (non-hydrogen) atoms. The number of allylic oxidation sites excluding steroid dienone is 2. The minimum absolute atomic E-state index is 0.494. The maximum Gasteiger partial charge on any atom is 0.416 e. The minimum Gasteiger partial charge on any atom is -0.478 e. The topological polar surface area (TPSA) is 37.3 Å². The van der Waals surface area contributed by atoms with Crippen LogP contribution in [0.3, 0.4) is 0 Å². The van der Waals surface area contributed by atoms with Crippen molar-refractivity contribution in [3.8, 4) is 0 Å². The van der Waals surface area contributed by atoms with Crippen LogP contribution in [-0.4, -0.2) is 11.1 Å². The monoisotopic (exact) mass is 320 g/mol. The van der Waals surface area contributed by atoms with Gasteiger partial charge in [0.25, 0.3) is 0 Å². The zero-order chi connectivity index (χ0) is 13.8. The van der Waals surface area contributed by atoms with E-state index in [1.54, 1.807) is 0 Å². The van der Waals surface area contributed by atoms with Gasteiger partial charge in [-0.05, 0) is 23.8 Å². The first-order valence-electron chi connectivity index (χ1n) is 4.75. The first-order chi connectivity index (χ1) is 8.30. The Balaban J connectivity index is 2.89. The quantitative estimate of drug-likeness (QED) is 0.673. The van der Waals surface area contributed by atoms with E-state index in [0.717, 1.165) is 18.2 Å². The van der Waals surface area contributed by atoms with E-state index < -0.39 is 17.7 Å². The lowest BCUT2D eigenvalue weighted by Gasteiger charge is -2.07. The van der Waals surface area contributed by atoms with Gasteiger partial charge in [0.05, 0.1) is 5.56 Å². The molecule has 0 saturated carbocycles. The third kappa shape index (κ3) is 4.37. The third-order valence-corrected chi connectivity index (χ3v) is 2.69. The Morgan fingerprint density at radius 2 is 1.78 bits per heavy atom. The molecule has 0 unspecified atom stereocenters. The predicted molar refractivity (Wildman–Crippen MR) is 65.1 cm³/mol. The standard InChI is InChI=1S/C12H8BrF3O2/c13-10(2-1-3-11(17)18)8-4-6-9(7-5-8)12(14,15)16/h1-7H,(H,17,18). The SMILES string of the molecule is O=C(O)C=CC=C(Br)c1ccc(C(F)(F)F)cc1. The predicted octanol–water partition coefficient (Wildman–Crippen LogP) is 4.08. The summed E-state index contributed by atoms with van der Waals surface area (Å²) in [4.78, 5) is 10.2. The Hall–Kier alpha value is -1.56. The molecule has 96 valence electrons. The number of hydrogen-bond acceptors (Lipinski definition) is 1. The number of rotatable bonds is 3. The molecule has 1 aromatic rings. The van der Waals surface area contributed by atoms with Crippen LogP contribution >= 0.6 is 15.9 Å². The van der Waals surface area contributed by atoms with Gasteiger partial charge in [0.2, 0.25) is 0 Å². The van der Waals surface area contributed by atoms with Crippen LogP contribution < -0.4 is 0 Å². The molecule has 2 nitrogen and oxygen atoms in total. The molecule has 0 bridgehead atoms. The van der Waals surface area contributed by atoms with Gasteiger partial charge >= 0.3 is 12.1 Å². The van der Waals surface area contributed by atoms with Crippen molar-refractivity contribution in [3.05, 3.63) is 53.6 Å². The molecule has 0 amide bonds. The summed E-state index contributed by atoms with van der Waals surface area (Å²) in [5.41, 5.74) is -0.203. The van der Waals surface area contributed by atoms with Crippen molar-refractivity contribution in [2.45, 2.75) is 6.18 Å².